The highest BCUT2D eigenvalue weighted by Crippen LogP contribution is 2.06. The number of nitrogens with zero attached hydrogens (tertiary/aromatic N) is 1. The second kappa shape index (κ2) is 4.94. The maximum Gasteiger partial charge on any atom is 0.213 e. The molecule has 0 bridgehead atoms. The minimum absolute atomic E-state index is 0.0000208. The number of hydrogen-bond donors (Lipinski definition) is 3. The van der Waals surface area contributed by atoms with Crippen LogP contribution in [0.5, 0.6) is 0 Å². The Balaban J connectivity index is 2.45. The molecule has 1 rings (SSSR count). The van der Waals surface area contributed by atoms with Gasteiger partial charge in [-0.25, -0.2) is 18.1 Å². The smallest absolute Gasteiger partial charge is 0.213 e. The summed E-state index contributed by atoms with van der Waals surface area (Å²) < 4.78 is 24.3. The number of anilines is 2. The molecule has 84 valence electrons. The summed E-state index contributed by atoms with van der Waals surface area (Å²) >= 11 is 0. The van der Waals surface area contributed by atoms with Crippen molar-refractivity contribution in [2.75, 3.05) is 30.4 Å². The van der Waals surface area contributed by atoms with Crippen molar-refractivity contribution >= 4 is 21.5 Å². The number of aromatic nitrogens is 1. The van der Waals surface area contributed by atoms with Gasteiger partial charge in [-0.15, -0.1) is 0 Å². The van der Waals surface area contributed by atoms with Crippen LogP contribution >= 0.6 is 0 Å². The molecule has 1 heterocycles. The fourth-order valence-electron chi connectivity index (χ4n) is 0.959. The third-order valence-electron chi connectivity index (χ3n) is 1.77. The number of nitrogen functional groups attached to an aromatic ring is 1. The molecular formula is C8H14N4O2S. The Labute approximate surface area is 88.9 Å². The zero-order valence-electron chi connectivity index (χ0n) is 8.40. The van der Waals surface area contributed by atoms with E-state index in [1.807, 2.05) is 0 Å². The molecule has 6 nitrogen and oxygen atoms in total. The Morgan fingerprint density at radius 2 is 2.27 bits per heavy atom. The lowest BCUT2D eigenvalue weighted by atomic mass is 10.4. The average molecular weight is 230 g/mol. The molecule has 0 spiro atoms. The number of sulfonamides is 1. The summed E-state index contributed by atoms with van der Waals surface area (Å²) in [4.78, 5) is 3.98. The molecule has 7 heteroatoms. The third kappa shape index (κ3) is 4.13. The number of pyridine rings is 1. The highest BCUT2D eigenvalue weighted by Gasteiger charge is 2.05. The molecule has 0 unspecified atom stereocenters. The van der Waals surface area contributed by atoms with Crippen molar-refractivity contribution in [3.63, 3.8) is 0 Å². The van der Waals surface area contributed by atoms with Crippen LogP contribution in [0.25, 0.3) is 0 Å². The molecule has 4 N–H and O–H groups in total. The zero-order valence-corrected chi connectivity index (χ0v) is 9.21. The second-order valence-electron chi connectivity index (χ2n) is 2.92. The van der Waals surface area contributed by atoms with Crippen molar-refractivity contribution in [2.24, 2.45) is 0 Å². The van der Waals surface area contributed by atoms with E-state index in [0.717, 1.165) is 0 Å². The van der Waals surface area contributed by atoms with Crippen molar-refractivity contribution in [3.8, 4) is 0 Å². The number of nitrogens with one attached hydrogen (secondary N) is 2. The Hall–Kier alpha value is -1.34. The van der Waals surface area contributed by atoms with Crippen molar-refractivity contribution < 1.29 is 8.42 Å². The van der Waals surface area contributed by atoms with E-state index in [0.29, 0.717) is 18.1 Å². The van der Waals surface area contributed by atoms with E-state index in [9.17, 15) is 8.42 Å². The van der Waals surface area contributed by atoms with Crippen LogP contribution in [0.3, 0.4) is 0 Å². The van der Waals surface area contributed by atoms with Crippen LogP contribution < -0.4 is 15.8 Å². The van der Waals surface area contributed by atoms with E-state index in [-0.39, 0.29) is 5.75 Å². The Bertz CT molecular complexity index is 418. The maximum atomic E-state index is 11.1. The number of rotatable bonds is 5. The van der Waals surface area contributed by atoms with Crippen LogP contribution in [0, 0.1) is 0 Å². The SMILES string of the molecule is CNS(=O)(=O)CCNc1cc(N)ccn1. The number of hydrogen-bond acceptors (Lipinski definition) is 5. The van der Waals surface area contributed by atoms with Crippen molar-refractivity contribution in [2.45, 2.75) is 0 Å². The predicted molar refractivity (Wildman–Crippen MR) is 60.0 cm³/mol. The van der Waals surface area contributed by atoms with Gasteiger partial charge in [-0.2, -0.15) is 0 Å². The molecule has 0 saturated carbocycles. The topological polar surface area (TPSA) is 97.1 Å². The van der Waals surface area contributed by atoms with Crippen molar-refractivity contribution in [1.82, 2.24) is 9.71 Å². The summed E-state index contributed by atoms with van der Waals surface area (Å²) in [6, 6.07) is 3.31. The van der Waals surface area contributed by atoms with Crippen LogP contribution in [0.1, 0.15) is 0 Å². The van der Waals surface area contributed by atoms with Crippen LogP contribution in [-0.2, 0) is 10.0 Å². The zero-order chi connectivity index (χ0) is 11.3. The van der Waals surface area contributed by atoms with E-state index in [2.05, 4.69) is 15.0 Å². The lowest BCUT2D eigenvalue weighted by Crippen LogP contribution is -2.26. The third-order valence-corrected chi connectivity index (χ3v) is 3.14. The quantitative estimate of drug-likeness (QED) is 0.641. The molecule has 0 radical (unpaired) electrons. The molecule has 15 heavy (non-hydrogen) atoms. The maximum absolute atomic E-state index is 11.1. The summed E-state index contributed by atoms with van der Waals surface area (Å²) in [6.07, 6.45) is 1.56. The van der Waals surface area contributed by atoms with Gasteiger partial charge >= 0.3 is 0 Å². The van der Waals surface area contributed by atoms with Crippen LogP contribution in [0.15, 0.2) is 18.3 Å². The minimum atomic E-state index is -3.17. The van der Waals surface area contributed by atoms with Crippen LogP contribution in [0.2, 0.25) is 0 Å². The first kappa shape index (κ1) is 11.7. The van der Waals surface area contributed by atoms with Gasteiger partial charge < -0.3 is 11.1 Å². The number of nitrogens with two attached hydrogens (primary N) is 1. The normalized spacial score (nSPS) is 11.3. The lowest BCUT2D eigenvalue weighted by molar-refractivity contribution is 0.588. The van der Waals surface area contributed by atoms with Gasteiger partial charge in [0.1, 0.15) is 5.82 Å². The predicted octanol–water partition coefficient (Wildman–Crippen LogP) is -0.375. The first-order valence-corrected chi connectivity index (χ1v) is 6.05. The summed E-state index contributed by atoms with van der Waals surface area (Å²) in [7, 11) is -1.79. The van der Waals surface area contributed by atoms with Gasteiger partial charge in [-0.1, -0.05) is 0 Å². The molecule has 1 aromatic heterocycles. The Morgan fingerprint density at radius 3 is 2.87 bits per heavy atom. The molecule has 0 fully saturated rings. The molecule has 1 aromatic rings. The summed E-state index contributed by atoms with van der Waals surface area (Å²) in [5.41, 5.74) is 6.12. The summed E-state index contributed by atoms with van der Waals surface area (Å²) in [5, 5.41) is 2.87. The standard InChI is InChI=1S/C8H14N4O2S/c1-10-15(13,14)5-4-12-8-6-7(9)2-3-11-8/h2-3,6,10H,4-5H2,1H3,(H3,9,11,12). The Morgan fingerprint density at radius 1 is 1.53 bits per heavy atom. The first-order chi connectivity index (χ1) is 7.03. The molecular weight excluding hydrogens is 216 g/mol. The van der Waals surface area contributed by atoms with E-state index in [4.69, 9.17) is 5.73 Å². The van der Waals surface area contributed by atoms with Gasteiger partial charge in [0, 0.05) is 24.5 Å². The molecule has 0 atom stereocenters. The van der Waals surface area contributed by atoms with Crippen LogP contribution in [-0.4, -0.2) is 32.7 Å². The summed E-state index contributed by atoms with van der Waals surface area (Å²) in [5.74, 6) is 0.571. The van der Waals surface area contributed by atoms with Gasteiger partial charge in [-0.05, 0) is 13.1 Å². The summed E-state index contributed by atoms with van der Waals surface area (Å²) in [6.45, 7) is 0.291. The van der Waals surface area contributed by atoms with Crippen molar-refractivity contribution in [1.29, 1.82) is 0 Å². The van der Waals surface area contributed by atoms with Crippen LogP contribution in [0.4, 0.5) is 11.5 Å². The molecule has 0 aliphatic rings. The van der Waals surface area contributed by atoms with E-state index in [1.165, 1.54) is 7.05 Å². The average Bonchev–Trinajstić information content (AvgIpc) is 2.18. The fourth-order valence-corrected chi connectivity index (χ4v) is 1.53. The van der Waals surface area contributed by atoms with Gasteiger partial charge in [-0.3, -0.25) is 0 Å². The van der Waals surface area contributed by atoms with Crippen molar-refractivity contribution in [3.05, 3.63) is 18.3 Å². The van der Waals surface area contributed by atoms with Gasteiger partial charge in [0.15, 0.2) is 0 Å². The van der Waals surface area contributed by atoms with Gasteiger partial charge in [0.2, 0.25) is 10.0 Å². The second-order valence-corrected chi connectivity index (χ2v) is 4.97. The molecule has 0 amide bonds. The minimum Gasteiger partial charge on any atom is -0.399 e. The highest BCUT2D eigenvalue weighted by atomic mass is 32.2. The molecule has 0 aliphatic carbocycles. The Kier molecular flexibility index (Phi) is 3.87. The van der Waals surface area contributed by atoms with Gasteiger partial charge in [0.05, 0.1) is 5.75 Å². The molecule has 0 aromatic carbocycles. The highest BCUT2D eigenvalue weighted by molar-refractivity contribution is 7.89. The van der Waals surface area contributed by atoms with E-state index >= 15 is 0 Å². The molecule has 0 saturated heterocycles. The monoisotopic (exact) mass is 230 g/mol. The largest absolute Gasteiger partial charge is 0.399 e. The fraction of sp³-hybridized carbons (Fsp3) is 0.375. The van der Waals surface area contributed by atoms with Gasteiger partial charge in [0.25, 0.3) is 0 Å². The molecule has 0 aliphatic heterocycles. The lowest BCUT2D eigenvalue weighted by Gasteiger charge is -2.05. The van der Waals surface area contributed by atoms with E-state index < -0.39 is 10.0 Å². The first-order valence-electron chi connectivity index (χ1n) is 4.40. The van der Waals surface area contributed by atoms with E-state index in [1.54, 1.807) is 18.3 Å².